The Balaban J connectivity index is 2.47. The van der Waals surface area contributed by atoms with E-state index in [1.165, 1.54) is 23.0 Å². The minimum absolute atomic E-state index is 0.0739. The van der Waals surface area contributed by atoms with Crippen LogP contribution in [0, 0.1) is 0 Å². The van der Waals surface area contributed by atoms with Gasteiger partial charge in [0.05, 0.1) is 0 Å². The first-order chi connectivity index (χ1) is 6.25. The molecule has 0 radical (unpaired) electrons. The lowest BCUT2D eigenvalue weighted by Crippen LogP contribution is -2.31. The molecule has 0 saturated heterocycles. The molecule has 1 N–H and O–H groups in total. The van der Waals surface area contributed by atoms with Crippen molar-refractivity contribution in [3.8, 4) is 11.4 Å². The van der Waals surface area contributed by atoms with Crippen molar-refractivity contribution < 1.29 is 14.3 Å². The summed E-state index contributed by atoms with van der Waals surface area (Å²) in [5, 5.41) is 13.1. The zero-order valence-electron chi connectivity index (χ0n) is 6.56. The summed E-state index contributed by atoms with van der Waals surface area (Å²) in [7, 11) is 0. The molecule has 0 aliphatic rings. The van der Waals surface area contributed by atoms with E-state index in [1.54, 1.807) is 12.1 Å². The Bertz CT molecular complexity index is 455. The molecule has 0 spiro atoms. The maximum absolute atomic E-state index is 10.8. The third-order valence-corrected chi connectivity index (χ3v) is 1.59. The van der Waals surface area contributed by atoms with Crippen LogP contribution in [-0.2, 0) is 0 Å². The zero-order chi connectivity index (χ0) is 9.26. The van der Waals surface area contributed by atoms with E-state index in [9.17, 15) is 9.90 Å². The van der Waals surface area contributed by atoms with Crippen LogP contribution in [0.25, 0.3) is 5.69 Å². The highest BCUT2D eigenvalue weighted by Crippen LogP contribution is 2.04. The molecule has 0 amide bonds. The van der Waals surface area contributed by atoms with Gasteiger partial charge in [0.2, 0.25) is 5.69 Å². The van der Waals surface area contributed by atoms with Crippen LogP contribution in [0.3, 0.4) is 0 Å². The SMILES string of the molecule is O=c1c[n+](-c2ccc([O-])cc2)[nH]o1. The smallest absolute Gasteiger partial charge is 0.427 e. The molecule has 0 unspecified atom stereocenters. The summed E-state index contributed by atoms with van der Waals surface area (Å²) in [5.74, 6) is -0.0739. The summed E-state index contributed by atoms with van der Waals surface area (Å²) in [6.45, 7) is 0. The van der Waals surface area contributed by atoms with Gasteiger partial charge < -0.3 is 5.11 Å². The summed E-state index contributed by atoms with van der Waals surface area (Å²) in [5.41, 5.74) is 0.205. The number of H-pyrrole nitrogens is 1. The van der Waals surface area contributed by atoms with Crippen LogP contribution in [0.2, 0.25) is 0 Å². The summed E-state index contributed by atoms with van der Waals surface area (Å²) in [4.78, 5) is 10.7. The van der Waals surface area contributed by atoms with Gasteiger partial charge in [-0.3, -0.25) is 4.52 Å². The molecule has 2 rings (SSSR count). The highest BCUT2D eigenvalue weighted by Gasteiger charge is 2.08. The summed E-state index contributed by atoms with van der Waals surface area (Å²) in [6.07, 6.45) is 1.25. The second-order valence-corrected chi connectivity index (χ2v) is 2.51. The maximum atomic E-state index is 10.8. The monoisotopic (exact) mass is 178 g/mol. The van der Waals surface area contributed by atoms with E-state index >= 15 is 0 Å². The first kappa shape index (κ1) is 7.60. The Kier molecular flexibility index (Phi) is 1.63. The molecule has 0 saturated carbocycles. The van der Waals surface area contributed by atoms with E-state index in [0.717, 1.165) is 0 Å². The van der Waals surface area contributed by atoms with E-state index in [-0.39, 0.29) is 5.75 Å². The van der Waals surface area contributed by atoms with Crippen molar-refractivity contribution >= 4 is 0 Å². The number of aromatic nitrogens is 2. The van der Waals surface area contributed by atoms with Gasteiger partial charge in [-0.2, -0.15) is 0 Å². The fraction of sp³-hybridized carbons (Fsp3) is 0. The molecule has 13 heavy (non-hydrogen) atoms. The number of nitrogens with zero attached hydrogens (tertiary/aromatic N) is 1. The molecule has 0 aliphatic carbocycles. The van der Waals surface area contributed by atoms with Crippen LogP contribution in [0.4, 0.5) is 0 Å². The van der Waals surface area contributed by atoms with E-state index < -0.39 is 5.63 Å². The van der Waals surface area contributed by atoms with Gasteiger partial charge in [0.1, 0.15) is 0 Å². The zero-order valence-corrected chi connectivity index (χ0v) is 6.56. The molecule has 2 aromatic rings. The van der Waals surface area contributed by atoms with Gasteiger partial charge in [-0.25, -0.2) is 4.79 Å². The van der Waals surface area contributed by atoms with Crippen molar-refractivity contribution in [2.75, 3.05) is 0 Å². The standard InChI is InChI=1S/C8H6N2O3/c11-7-3-1-6(2-4-7)10-5-8(12)13-9-10/h1-5H,(H-,9,11,12). The molecular formula is C8H6N2O3. The van der Waals surface area contributed by atoms with Crippen molar-refractivity contribution in [2.24, 2.45) is 0 Å². The van der Waals surface area contributed by atoms with Gasteiger partial charge in [0.25, 0.3) is 6.20 Å². The molecule has 1 heterocycles. The average molecular weight is 178 g/mol. The fourth-order valence-corrected chi connectivity index (χ4v) is 0.986. The predicted octanol–water partition coefficient (Wildman–Crippen LogP) is -0.682. The van der Waals surface area contributed by atoms with Gasteiger partial charge >= 0.3 is 5.63 Å². The van der Waals surface area contributed by atoms with Crippen LogP contribution in [-0.4, -0.2) is 5.27 Å². The van der Waals surface area contributed by atoms with Gasteiger partial charge in [0, 0.05) is 12.1 Å². The number of hydrogen-bond acceptors (Lipinski definition) is 3. The predicted molar refractivity (Wildman–Crippen MR) is 40.3 cm³/mol. The third-order valence-electron chi connectivity index (χ3n) is 1.59. The lowest BCUT2D eigenvalue weighted by atomic mass is 10.3. The van der Waals surface area contributed by atoms with Gasteiger partial charge in [0.15, 0.2) is 0 Å². The van der Waals surface area contributed by atoms with E-state index in [0.29, 0.717) is 5.69 Å². The van der Waals surface area contributed by atoms with E-state index in [2.05, 4.69) is 9.79 Å². The van der Waals surface area contributed by atoms with Crippen LogP contribution in [0.15, 0.2) is 39.8 Å². The summed E-state index contributed by atoms with van der Waals surface area (Å²) < 4.78 is 5.84. The number of rotatable bonds is 1. The minimum Gasteiger partial charge on any atom is -0.872 e. The first-order valence-electron chi connectivity index (χ1n) is 3.63. The Labute approximate surface area is 72.8 Å². The topological polar surface area (TPSA) is 72.9 Å². The lowest BCUT2D eigenvalue weighted by Gasteiger charge is -2.00. The maximum Gasteiger partial charge on any atom is 0.427 e. The van der Waals surface area contributed by atoms with E-state index in [1.807, 2.05) is 0 Å². The number of aromatic amines is 1. The van der Waals surface area contributed by atoms with Gasteiger partial charge in [-0.1, -0.05) is 12.1 Å². The van der Waals surface area contributed by atoms with Crippen LogP contribution in [0.1, 0.15) is 0 Å². The molecule has 5 nitrogen and oxygen atoms in total. The van der Waals surface area contributed by atoms with Gasteiger partial charge in [-0.15, -0.1) is 5.75 Å². The molecule has 0 bridgehead atoms. The fourth-order valence-electron chi connectivity index (χ4n) is 0.986. The molecule has 66 valence electrons. The minimum atomic E-state index is -0.466. The highest BCUT2D eigenvalue weighted by molar-refractivity contribution is 5.29. The molecular weight excluding hydrogens is 172 g/mol. The second kappa shape index (κ2) is 2.78. The first-order valence-corrected chi connectivity index (χ1v) is 3.63. The molecule has 5 heteroatoms. The molecule has 1 aromatic heterocycles. The highest BCUT2D eigenvalue weighted by atomic mass is 16.5. The lowest BCUT2D eigenvalue weighted by molar-refractivity contribution is -0.670. The number of benzene rings is 1. The molecule has 0 fully saturated rings. The number of nitrogens with one attached hydrogen (secondary N) is 1. The molecule has 0 aliphatic heterocycles. The summed E-state index contributed by atoms with van der Waals surface area (Å²) >= 11 is 0. The van der Waals surface area contributed by atoms with Crippen molar-refractivity contribution in [1.29, 1.82) is 0 Å². The van der Waals surface area contributed by atoms with Gasteiger partial charge in [-0.05, 0) is 9.95 Å². The molecule has 1 aromatic carbocycles. The Morgan fingerprint density at radius 3 is 2.54 bits per heavy atom. The second-order valence-electron chi connectivity index (χ2n) is 2.51. The van der Waals surface area contributed by atoms with Crippen molar-refractivity contribution in [3.05, 3.63) is 40.9 Å². The van der Waals surface area contributed by atoms with E-state index in [4.69, 9.17) is 0 Å². The Morgan fingerprint density at radius 1 is 1.31 bits per heavy atom. The Morgan fingerprint density at radius 2 is 2.00 bits per heavy atom. The Hall–Kier alpha value is -2.04. The largest absolute Gasteiger partial charge is 0.872 e. The number of hydrogen-bond donors (Lipinski definition) is 1. The quantitative estimate of drug-likeness (QED) is 0.588. The van der Waals surface area contributed by atoms with Crippen molar-refractivity contribution in [3.63, 3.8) is 0 Å². The summed E-state index contributed by atoms with van der Waals surface area (Å²) in [6, 6.07) is 6.00. The van der Waals surface area contributed by atoms with Crippen molar-refractivity contribution in [2.45, 2.75) is 0 Å². The normalized spacial score (nSPS) is 10.2. The molecule has 0 atom stereocenters. The van der Waals surface area contributed by atoms with Crippen LogP contribution >= 0.6 is 0 Å². The van der Waals surface area contributed by atoms with Crippen LogP contribution < -0.4 is 15.4 Å². The third kappa shape index (κ3) is 1.44. The van der Waals surface area contributed by atoms with Crippen LogP contribution in [0.5, 0.6) is 5.75 Å². The van der Waals surface area contributed by atoms with Crippen molar-refractivity contribution in [1.82, 2.24) is 5.27 Å². The average Bonchev–Trinajstić information content (AvgIpc) is 2.53.